The summed E-state index contributed by atoms with van der Waals surface area (Å²) in [6, 6.07) is 22.8. The average Bonchev–Trinajstić information content (AvgIpc) is 3.22. The van der Waals surface area contributed by atoms with Gasteiger partial charge in [0.15, 0.2) is 0 Å². The van der Waals surface area contributed by atoms with E-state index in [0.29, 0.717) is 5.56 Å². The van der Waals surface area contributed by atoms with Crippen LogP contribution in [0.4, 0.5) is 8.78 Å². The van der Waals surface area contributed by atoms with E-state index in [1.807, 2.05) is 18.2 Å². The van der Waals surface area contributed by atoms with Crippen molar-refractivity contribution in [1.29, 1.82) is 0 Å². The van der Waals surface area contributed by atoms with Crippen molar-refractivity contribution in [3.05, 3.63) is 66.5 Å². The zero-order chi connectivity index (χ0) is 23.9. The van der Waals surface area contributed by atoms with E-state index < -0.39 is 14.5 Å². The first-order chi connectivity index (χ1) is 16.5. The van der Waals surface area contributed by atoms with E-state index in [2.05, 4.69) is 62.2 Å². The SMILES string of the molecule is CC[Si](CC)(CC)c1cc(-c2ncnc3c2[se]c2cc(CC(F)F)ccc23)cc2ccccc12. The van der Waals surface area contributed by atoms with Crippen molar-refractivity contribution in [3.8, 4) is 11.3 Å². The van der Waals surface area contributed by atoms with Gasteiger partial charge in [-0.3, -0.25) is 0 Å². The van der Waals surface area contributed by atoms with Gasteiger partial charge in [0.05, 0.1) is 0 Å². The number of nitrogens with zero attached hydrogens (tertiary/aromatic N) is 2. The van der Waals surface area contributed by atoms with Gasteiger partial charge < -0.3 is 0 Å². The van der Waals surface area contributed by atoms with Crippen molar-refractivity contribution >= 4 is 58.0 Å². The van der Waals surface area contributed by atoms with E-state index in [0.717, 1.165) is 30.7 Å². The molecule has 0 aliphatic heterocycles. The van der Waals surface area contributed by atoms with Crippen molar-refractivity contribution in [2.75, 3.05) is 0 Å². The molecule has 0 atom stereocenters. The second kappa shape index (κ2) is 9.33. The standard InChI is InChI=1S/C28H28F2N2SeSi/c1-4-34(5-2,6-3)24-16-20(15-19-9-7-8-10-21(19)24)26-28-27(32-17-31-26)22-12-11-18(14-25(29)30)13-23(22)33-28/h7-13,15-17,25H,4-6,14H2,1-3H3. The number of alkyl halides is 2. The summed E-state index contributed by atoms with van der Waals surface area (Å²) in [6.45, 7) is 7.04. The summed E-state index contributed by atoms with van der Waals surface area (Å²) in [5.41, 5.74) is 3.80. The van der Waals surface area contributed by atoms with Crippen molar-refractivity contribution < 1.29 is 8.78 Å². The van der Waals surface area contributed by atoms with Crippen molar-refractivity contribution in [2.45, 2.75) is 51.7 Å². The molecular weight excluding hydrogens is 509 g/mol. The number of fused-ring (bicyclic) bond motifs is 4. The number of hydrogen-bond donors (Lipinski definition) is 0. The number of benzene rings is 3. The van der Waals surface area contributed by atoms with Crippen LogP contribution in [-0.4, -0.2) is 39.0 Å². The molecule has 3 aromatic carbocycles. The molecule has 0 bridgehead atoms. The van der Waals surface area contributed by atoms with Gasteiger partial charge in [-0.05, 0) is 0 Å². The molecule has 6 heteroatoms. The molecule has 0 aliphatic rings. The van der Waals surface area contributed by atoms with Crippen molar-refractivity contribution in [2.24, 2.45) is 0 Å². The minimum atomic E-state index is -2.33. The maximum absolute atomic E-state index is 13.0. The second-order valence-corrected chi connectivity index (χ2v) is 16.4. The molecule has 0 saturated carbocycles. The van der Waals surface area contributed by atoms with Crippen LogP contribution >= 0.6 is 0 Å². The predicted octanol–water partition coefficient (Wildman–Crippen LogP) is 7.18. The van der Waals surface area contributed by atoms with Crippen LogP contribution in [0.3, 0.4) is 0 Å². The Kier molecular flexibility index (Phi) is 6.41. The Morgan fingerprint density at radius 1 is 0.882 bits per heavy atom. The summed E-state index contributed by atoms with van der Waals surface area (Å²) in [5, 5.41) is 5.23. The van der Waals surface area contributed by atoms with Gasteiger partial charge in [0.2, 0.25) is 0 Å². The Morgan fingerprint density at radius 3 is 2.38 bits per heavy atom. The number of aromatic nitrogens is 2. The molecule has 0 aliphatic carbocycles. The molecule has 2 aromatic heterocycles. The quantitative estimate of drug-likeness (QED) is 0.206. The summed E-state index contributed by atoms with van der Waals surface area (Å²) in [5.74, 6) is 0. The summed E-state index contributed by atoms with van der Waals surface area (Å²) in [4.78, 5) is 9.41. The van der Waals surface area contributed by atoms with Gasteiger partial charge in [-0.15, -0.1) is 0 Å². The van der Waals surface area contributed by atoms with E-state index in [1.165, 1.54) is 34.1 Å². The van der Waals surface area contributed by atoms with Crippen molar-refractivity contribution in [3.63, 3.8) is 0 Å². The Balaban J connectivity index is 1.76. The molecule has 0 amide bonds. The molecule has 0 fully saturated rings. The van der Waals surface area contributed by atoms with Gasteiger partial charge >= 0.3 is 206 Å². The zero-order valence-corrected chi connectivity index (χ0v) is 22.5. The first kappa shape index (κ1) is 23.3. The Labute approximate surface area is 205 Å². The fraction of sp³-hybridized carbons (Fsp3) is 0.286. The molecule has 0 saturated heterocycles. The minimum absolute atomic E-state index is 0.0139. The third-order valence-electron chi connectivity index (χ3n) is 7.44. The van der Waals surface area contributed by atoms with Crippen LogP contribution in [0, 0.1) is 0 Å². The first-order valence-corrected chi connectivity index (χ1v) is 16.3. The Morgan fingerprint density at radius 2 is 1.65 bits per heavy atom. The average molecular weight is 538 g/mol. The van der Waals surface area contributed by atoms with Gasteiger partial charge in [0.25, 0.3) is 0 Å². The second-order valence-electron chi connectivity index (χ2n) is 9.01. The first-order valence-electron chi connectivity index (χ1n) is 12.0. The molecule has 0 spiro atoms. The van der Waals surface area contributed by atoms with Crippen LogP contribution in [-0.2, 0) is 6.42 Å². The van der Waals surface area contributed by atoms with E-state index in [9.17, 15) is 8.78 Å². The van der Waals surface area contributed by atoms with Crippen LogP contribution < -0.4 is 5.19 Å². The molecule has 5 aromatic rings. The monoisotopic (exact) mass is 538 g/mol. The number of halogens is 2. The molecule has 174 valence electrons. The molecule has 0 unspecified atom stereocenters. The molecular formula is C28H28F2N2SeSi. The normalized spacial score (nSPS) is 12.4. The molecule has 5 rings (SSSR count). The summed E-state index contributed by atoms with van der Waals surface area (Å²) < 4.78 is 28.2. The Hall–Kier alpha value is -2.40. The van der Waals surface area contributed by atoms with Crippen LogP contribution in [0.15, 0.2) is 60.9 Å². The molecule has 2 nitrogen and oxygen atoms in total. The fourth-order valence-electron chi connectivity index (χ4n) is 5.34. The van der Waals surface area contributed by atoms with E-state index in [4.69, 9.17) is 4.98 Å². The van der Waals surface area contributed by atoms with E-state index >= 15 is 0 Å². The van der Waals surface area contributed by atoms with Crippen LogP contribution in [0.25, 0.3) is 41.5 Å². The van der Waals surface area contributed by atoms with Crippen LogP contribution in [0.1, 0.15) is 26.3 Å². The van der Waals surface area contributed by atoms with Gasteiger partial charge in [-0.2, -0.15) is 0 Å². The van der Waals surface area contributed by atoms with E-state index in [-0.39, 0.29) is 20.9 Å². The Bertz CT molecular complexity index is 1480. The van der Waals surface area contributed by atoms with Gasteiger partial charge in [-0.1, -0.05) is 0 Å². The van der Waals surface area contributed by atoms with Gasteiger partial charge in [0, 0.05) is 0 Å². The topological polar surface area (TPSA) is 25.8 Å². The third-order valence-corrected chi connectivity index (χ3v) is 15.5. The van der Waals surface area contributed by atoms with Crippen LogP contribution in [0.5, 0.6) is 0 Å². The molecule has 2 heterocycles. The fourth-order valence-corrected chi connectivity index (χ4v) is 11.8. The molecule has 34 heavy (non-hydrogen) atoms. The maximum atomic E-state index is 13.0. The number of rotatable bonds is 7. The zero-order valence-electron chi connectivity index (χ0n) is 19.7. The molecule has 0 N–H and O–H groups in total. The summed E-state index contributed by atoms with van der Waals surface area (Å²) in [6.07, 6.45) is -0.879. The third kappa shape index (κ3) is 3.92. The van der Waals surface area contributed by atoms with Gasteiger partial charge in [-0.25, -0.2) is 0 Å². The van der Waals surface area contributed by atoms with Crippen molar-refractivity contribution in [1.82, 2.24) is 9.97 Å². The molecule has 0 radical (unpaired) electrons. The van der Waals surface area contributed by atoms with Gasteiger partial charge in [0.1, 0.15) is 0 Å². The van der Waals surface area contributed by atoms with Crippen LogP contribution in [0.2, 0.25) is 18.1 Å². The predicted molar refractivity (Wildman–Crippen MR) is 143 cm³/mol. The number of hydrogen-bond acceptors (Lipinski definition) is 2. The summed E-state index contributed by atoms with van der Waals surface area (Å²) >= 11 is -0.0139. The van der Waals surface area contributed by atoms with E-state index in [1.54, 1.807) is 6.33 Å². The summed E-state index contributed by atoms with van der Waals surface area (Å²) in [7, 11) is -1.64.